The molecule has 1 N–H and O–H groups in total. The molecule has 1 fully saturated rings. The number of amides is 1. The molecule has 164 valence electrons. The molecule has 0 atom stereocenters. The lowest BCUT2D eigenvalue weighted by atomic mass is 9.94. The van der Waals surface area contributed by atoms with E-state index in [0.717, 1.165) is 34.3 Å². The molecule has 0 saturated heterocycles. The average molecular weight is 420 g/mol. The van der Waals surface area contributed by atoms with E-state index in [4.69, 9.17) is 4.74 Å². The van der Waals surface area contributed by atoms with Gasteiger partial charge < -0.3 is 19.5 Å². The van der Waals surface area contributed by atoms with E-state index in [1.54, 1.807) is 7.11 Å². The van der Waals surface area contributed by atoms with Gasteiger partial charge in [0.25, 0.3) is 0 Å². The molecule has 2 aromatic carbocycles. The second-order valence-corrected chi connectivity index (χ2v) is 8.54. The van der Waals surface area contributed by atoms with Gasteiger partial charge in [-0.15, -0.1) is 0 Å². The second-order valence-electron chi connectivity index (χ2n) is 8.54. The van der Waals surface area contributed by atoms with Gasteiger partial charge in [-0.25, -0.2) is 0 Å². The van der Waals surface area contributed by atoms with Crippen molar-refractivity contribution in [2.45, 2.75) is 44.7 Å². The first kappa shape index (κ1) is 21.4. The van der Waals surface area contributed by atoms with Crippen molar-refractivity contribution in [3.8, 4) is 16.9 Å². The van der Waals surface area contributed by atoms with Crippen molar-refractivity contribution in [3.05, 3.63) is 54.7 Å². The number of methoxy groups -OCH3 is 1. The molecule has 1 saturated carbocycles. The van der Waals surface area contributed by atoms with E-state index in [0.29, 0.717) is 19.1 Å². The smallest absolute Gasteiger partial charge is 0.239 e. The Morgan fingerprint density at radius 2 is 1.94 bits per heavy atom. The van der Waals surface area contributed by atoms with Crippen LogP contribution in [0.2, 0.25) is 0 Å². The van der Waals surface area contributed by atoms with Crippen LogP contribution in [-0.4, -0.2) is 48.7 Å². The lowest BCUT2D eigenvalue weighted by molar-refractivity contribution is -0.121. The SMILES string of the molecule is COc1cccc(-c2cccc3ccn(CC(=O)NCCN(C)C4CCCCC4)c23)c1. The van der Waals surface area contributed by atoms with E-state index in [-0.39, 0.29) is 5.91 Å². The molecule has 5 heteroatoms. The number of ether oxygens (including phenoxy) is 1. The predicted molar refractivity (Wildman–Crippen MR) is 126 cm³/mol. The van der Waals surface area contributed by atoms with E-state index in [9.17, 15) is 4.79 Å². The summed E-state index contributed by atoms with van der Waals surface area (Å²) in [6.45, 7) is 1.91. The molecule has 4 rings (SSSR count). The largest absolute Gasteiger partial charge is 0.497 e. The third-order valence-corrected chi connectivity index (χ3v) is 6.47. The van der Waals surface area contributed by atoms with Crippen molar-refractivity contribution in [2.75, 3.05) is 27.2 Å². The normalized spacial score (nSPS) is 14.8. The molecular formula is C26H33N3O2. The molecule has 5 nitrogen and oxygen atoms in total. The van der Waals surface area contributed by atoms with Gasteiger partial charge in [-0.1, -0.05) is 49.6 Å². The zero-order valence-corrected chi connectivity index (χ0v) is 18.6. The van der Waals surface area contributed by atoms with E-state index in [2.05, 4.69) is 47.6 Å². The van der Waals surface area contributed by atoms with Crippen LogP contribution in [0.1, 0.15) is 32.1 Å². The Balaban J connectivity index is 1.43. The van der Waals surface area contributed by atoms with Crippen molar-refractivity contribution < 1.29 is 9.53 Å². The van der Waals surface area contributed by atoms with Crippen LogP contribution in [0.25, 0.3) is 22.0 Å². The van der Waals surface area contributed by atoms with Gasteiger partial charge in [0, 0.05) is 36.3 Å². The van der Waals surface area contributed by atoms with Gasteiger partial charge in [0.05, 0.1) is 12.6 Å². The van der Waals surface area contributed by atoms with Crippen molar-refractivity contribution in [1.29, 1.82) is 0 Å². The summed E-state index contributed by atoms with van der Waals surface area (Å²) in [5, 5.41) is 4.24. The maximum Gasteiger partial charge on any atom is 0.239 e. The maximum absolute atomic E-state index is 12.7. The Kier molecular flexibility index (Phi) is 6.92. The Morgan fingerprint density at radius 3 is 2.74 bits per heavy atom. The monoisotopic (exact) mass is 419 g/mol. The Hall–Kier alpha value is -2.79. The van der Waals surface area contributed by atoms with Gasteiger partial charge in [0.2, 0.25) is 5.91 Å². The summed E-state index contributed by atoms with van der Waals surface area (Å²) < 4.78 is 7.44. The predicted octanol–water partition coefficient (Wildman–Crippen LogP) is 4.70. The highest BCUT2D eigenvalue weighted by Crippen LogP contribution is 2.31. The fraction of sp³-hybridized carbons (Fsp3) is 0.423. The van der Waals surface area contributed by atoms with Crippen LogP contribution in [0.15, 0.2) is 54.7 Å². The fourth-order valence-corrected chi connectivity index (χ4v) is 4.70. The summed E-state index contributed by atoms with van der Waals surface area (Å²) in [6.07, 6.45) is 8.60. The highest BCUT2D eigenvalue weighted by atomic mass is 16.5. The number of hydrogen-bond acceptors (Lipinski definition) is 3. The number of aromatic nitrogens is 1. The first-order chi connectivity index (χ1) is 15.2. The minimum Gasteiger partial charge on any atom is -0.497 e. The summed E-state index contributed by atoms with van der Waals surface area (Å²) in [7, 11) is 3.86. The van der Waals surface area contributed by atoms with E-state index in [1.165, 1.54) is 32.1 Å². The Morgan fingerprint density at radius 1 is 1.13 bits per heavy atom. The third-order valence-electron chi connectivity index (χ3n) is 6.47. The molecular weight excluding hydrogens is 386 g/mol. The number of nitrogens with one attached hydrogen (secondary N) is 1. The molecule has 0 aliphatic heterocycles. The minimum atomic E-state index is 0.0509. The Labute approximate surface area is 185 Å². The summed E-state index contributed by atoms with van der Waals surface area (Å²) in [5.41, 5.74) is 3.26. The molecule has 1 aliphatic carbocycles. The first-order valence-corrected chi connectivity index (χ1v) is 11.3. The van der Waals surface area contributed by atoms with Gasteiger partial charge in [-0.2, -0.15) is 0 Å². The number of rotatable bonds is 8. The van der Waals surface area contributed by atoms with Crippen LogP contribution in [0.3, 0.4) is 0 Å². The zero-order valence-electron chi connectivity index (χ0n) is 18.6. The number of likely N-dealkylation sites (N-methyl/N-ethyl adjacent to an activating group) is 1. The van der Waals surface area contributed by atoms with Crippen molar-refractivity contribution in [1.82, 2.24) is 14.8 Å². The summed E-state index contributed by atoms with van der Waals surface area (Å²) in [5.74, 6) is 0.877. The number of benzene rings is 2. The van der Waals surface area contributed by atoms with Crippen LogP contribution < -0.4 is 10.1 Å². The number of carbonyl (C=O) groups is 1. The molecule has 3 aromatic rings. The molecule has 31 heavy (non-hydrogen) atoms. The van der Waals surface area contributed by atoms with Gasteiger partial charge >= 0.3 is 0 Å². The molecule has 0 bridgehead atoms. The number of fused-ring (bicyclic) bond motifs is 1. The van der Waals surface area contributed by atoms with Crippen molar-refractivity contribution >= 4 is 16.8 Å². The molecule has 0 radical (unpaired) electrons. The van der Waals surface area contributed by atoms with Gasteiger partial charge in [0.1, 0.15) is 12.3 Å². The second kappa shape index (κ2) is 10.0. The molecule has 1 amide bonds. The number of hydrogen-bond donors (Lipinski definition) is 1. The van der Waals surface area contributed by atoms with Gasteiger partial charge in [-0.05, 0) is 43.7 Å². The van der Waals surface area contributed by atoms with Crippen LogP contribution in [-0.2, 0) is 11.3 Å². The van der Waals surface area contributed by atoms with Gasteiger partial charge in [0.15, 0.2) is 0 Å². The number of nitrogens with zero attached hydrogens (tertiary/aromatic N) is 2. The Bertz CT molecular complexity index is 1020. The van der Waals surface area contributed by atoms with Crippen LogP contribution in [0.5, 0.6) is 5.75 Å². The molecule has 1 aliphatic rings. The van der Waals surface area contributed by atoms with Gasteiger partial charge in [-0.3, -0.25) is 4.79 Å². The molecule has 1 heterocycles. The minimum absolute atomic E-state index is 0.0509. The van der Waals surface area contributed by atoms with Crippen LogP contribution in [0.4, 0.5) is 0 Å². The first-order valence-electron chi connectivity index (χ1n) is 11.3. The number of para-hydroxylation sites is 1. The standard InChI is InChI=1S/C26H33N3O2/c1-28(22-10-4-3-5-11-22)17-15-27-25(30)19-29-16-14-20-8-7-13-24(26(20)29)21-9-6-12-23(18-21)31-2/h6-9,12-14,16,18,22H,3-5,10-11,15,17,19H2,1-2H3,(H,27,30). The average Bonchev–Trinajstić information content (AvgIpc) is 3.22. The van der Waals surface area contributed by atoms with E-state index < -0.39 is 0 Å². The number of carbonyl (C=O) groups excluding carboxylic acids is 1. The molecule has 1 aromatic heterocycles. The lowest BCUT2D eigenvalue weighted by Crippen LogP contribution is -2.40. The van der Waals surface area contributed by atoms with E-state index in [1.807, 2.05) is 29.0 Å². The zero-order chi connectivity index (χ0) is 21.6. The van der Waals surface area contributed by atoms with Crippen LogP contribution in [0, 0.1) is 0 Å². The maximum atomic E-state index is 12.7. The van der Waals surface area contributed by atoms with Crippen molar-refractivity contribution in [3.63, 3.8) is 0 Å². The van der Waals surface area contributed by atoms with Crippen molar-refractivity contribution in [2.24, 2.45) is 0 Å². The molecule has 0 unspecified atom stereocenters. The lowest BCUT2D eigenvalue weighted by Gasteiger charge is -2.31. The highest BCUT2D eigenvalue weighted by Gasteiger charge is 2.18. The summed E-state index contributed by atoms with van der Waals surface area (Å²) in [6, 6.07) is 17.0. The van der Waals surface area contributed by atoms with Crippen LogP contribution >= 0.6 is 0 Å². The third kappa shape index (κ3) is 5.10. The summed E-state index contributed by atoms with van der Waals surface area (Å²) >= 11 is 0. The fourth-order valence-electron chi connectivity index (χ4n) is 4.70. The quantitative estimate of drug-likeness (QED) is 0.576. The highest BCUT2D eigenvalue weighted by molar-refractivity contribution is 5.95. The molecule has 0 spiro atoms. The van der Waals surface area contributed by atoms with E-state index >= 15 is 0 Å². The topological polar surface area (TPSA) is 46.5 Å². The summed E-state index contributed by atoms with van der Waals surface area (Å²) in [4.78, 5) is 15.1.